The second-order valence-corrected chi connectivity index (χ2v) is 8.10. The van der Waals surface area contributed by atoms with Gasteiger partial charge >= 0.3 is 5.69 Å². The molecule has 0 aliphatic carbocycles. The molecule has 0 atom stereocenters. The summed E-state index contributed by atoms with van der Waals surface area (Å²) in [5.74, 6) is 0.261. The second kappa shape index (κ2) is 7.16. The van der Waals surface area contributed by atoms with Crippen molar-refractivity contribution >= 4 is 28.5 Å². The minimum atomic E-state index is -0.518. The van der Waals surface area contributed by atoms with E-state index in [1.807, 2.05) is 31.2 Å². The molecule has 3 heterocycles. The summed E-state index contributed by atoms with van der Waals surface area (Å²) in [5, 5.41) is 8.84. The van der Waals surface area contributed by atoms with Crippen LogP contribution in [0, 0.1) is 12.7 Å². The monoisotopic (exact) mass is 452 g/mol. The molecule has 5 aromatic rings. The van der Waals surface area contributed by atoms with Gasteiger partial charge in [-0.1, -0.05) is 47.5 Å². The standard InChI is InChI=1S/C22H18ClFN6O2/c1-12-7-9-13(10-8-12)18-25-26-21-29(11-14-15(23)5-4-6-16(14)24)17-19(30(18)21)27(2)22(32)28(3)20(17)31/h4-10H,11H2,1-3H3. The van der Waals surface area contributed by atoms with E-state index >= 15 is 0 Å². The Hall–Kier alpha value is -3.72. The third-order valence-electron chi connectivity index (χ3n) is 5.67. The molecule has 10 heteroatoms. The van der Waals surface area contributed by atoms with Crippen LogP contribution >= 0.6 is 11.6 Å². The summed E-state index contributed by atoms with van der Waals surface area (Å²) >= 11 is 6.26. The van der Waals surface area contributed by atoms with Crippen LogP contribution in [0.25, 0.3) is 28.3 Å². The molecule has 2 aromatic carbocycles. The average Bonchev–Trinajstić information content (AvgIpc) is 3.33. The molecule has 0 saturated heterocycles. The molecule has 0 unspecified atom stereocenters. The van der Waals surface area contributed by atoms with E-state index in [0.29, 0.717) is 17.2 Å². The highest BCUT2D eigenvalue weighted by molar-refractivity contribution is 6.31. The summed E-state index contributed by atoms with van der Waals surface area (Å²) in [6.45, 7) is 1.92. The van der Waals surface area contributed by atoms with Crippen LogP contribution in [-0.4, -0.2) is 28.3 Å². The van der Waals surface area contributed by atoms with E-state index in [9.17, 15) is 14.0 Å². The number of rotatable bonds is 3. The minimum absolute atomic E-state index is 0.0576. The van der Waals surface area contributed by atoms with E-state index in [1.165, 1.54) is 23.7 Å². The van der Waals surface area contributed by atoms with Crippen LogP contribution in [0.15, 0.2) is 52.1 Å². The fourth-order valence-corrected chi connectivity index (χ4v) is 4.16. The first kappa shape index (κ1) is 20.2. The minimum Gasteiger partial charge on any atom is -0.298 e. The number of fused-ring (bicyclic) bond motifs is 3. The van der Waals surface area contributed by atoms with Gasteiger partial charge in [-0.15, -0.1) is 10.2 Å². The SMILES string of the molecule is Cc1ccc(-c2nnc3n(Cc4c(F)cccc4Cl)c4c(=O)n(C)c(=O)n(C)c4n23)cc1. The molecule has 0 bridgehead atoms. The van der Waals surface area contributed by atoms with Crippen molar-refractivity contribution in [3.05, 3.63) is 85.3 Å². The number of hydrogen-bond donors (Lipinski definition) is 0. The summed E-state index contributed by atoms with van der Waals surface area (Å²) in [5.41, 5.74) is 1.56. The van der Waals surface area contributed by atoms with Crippen LogP contribution in [-0.2, 0) is 20.6 Å². The predicted octanol–water partition coefficient (Wildman–Crippen LogP) is 2.90. The van der Waals surface area contributed by atoms with Gasteiger partial charge in [-0.2, -0.15) is 0 Å². The summed E-state index contributed by atoms with van der Waals surface area (Å²) in [6, 6.07) is 12.1. The van der Waals surface area contributed by atoms with Crippen molar-refractivity contribution in [1.29, 1.82) is 0 Å². The Bertz CT molecular complexity index is 1620. The number of halogens is 2. The van der Waals surface area contributed by atoms with E-state index in [1.54, 1.807) is 22.1 Å². The van der Waals surface area contributed by atoms with E-state index < -0.39 is 17.1 Å². The van der Waals surface area contributed by atoms with Crippen molar-refractivity contribution in [2.75, 3.05) is 0 Å². The summed E-state index contributed by atoms with van der Waals surface area (Å²) in [6.07, 6.45) is 0. The average molecular weight is 453 g/mol. The summed E-state index contributed by atoms with van der Waals surface area (Å²) in [4.78, 5) is 25.9. The van der Waals surface area contributed by atoms with Crippen molar-refractivity contribution in [1.82, 2.24) is 28.3 Å². The Morgan fingerprint density at radius 1 is 1.00 bits per heavy atom. The van der Waals surface area contributed by atoms with Gasteiger partial charge in [-0.05, 0) is 19.1 Å². The van der Waals surface area contributed by atoms with Crippen molar-refractivity contribution in [3.63, 3.8) is 0 Å². The molecule has 5 rings (SSSR count). The van der Waals surface area contributed by atoms with E-state index in [4.69, 9.17) is 11.6 Å². The van der Waals surface area contributed by atoms with Crippen LogP contribution < -0.4 is 11.2 Å². The molecular formula is C22H18ClFN6O2. The van der Waals surface area contributed by atoms with E-state index in [2.05, 4.69) is 10.2 Å². The molecule has 0 aliphatic heterocycles. The number of imidazole rings is 1. The zero-order valence-electron chi connectivity index (χ0n) is 17.5. The Kier molecular flexibility index (Phi) is 4.52. The van der Waals surface area contributed by atoms with Gasteiger partial charge in [0.05, 0.1) is 6.54 Å². The first-order valence-electron chi connectivity index (χ1n) is 9.83. The topological polar surface area (TPSA) is 79.1 Å². The Morgan fingerprint density at radius 2 is 1.72 bits per heavy atom. The smallest absolute Gasteiger partial charge is 0.298 e. The first-order chi connectivity index (χ1) is 15.3. The first-order valence-corrected chi connectivity index (χ1v) is 10.2. The van der Waals surface area contributed by atoms with E-state index in [0.717, 1.165) is 15.7 Å². The van der Waals surface area contributed by atoms with Gasteiger partial charge in [0.15, 0.2) is 17.0 Å². The van der Waals surface area contributed by atoms with Crippen molar-refractivity contribution in [2.45, 2.75) is 13.5 Å². The number of hydrogen-bond acceptors (Lipinski definition) is 4. The number of benzene rings is 2. The maximum absolute atomic E-state index is 14.6. The Morgan fingerprint density at radius 3 is 2.41 bits per heavy atom. The van der Waals surface area contributed by atoms with Gasteiger partial charge in [-0.25, -0.2) is 13.6 Å². The third kappa shape index (κ3) is 2.81. The third-order valence-corrected chi connectivity index (χ3v) is 6.02. The Balaban J connectivity index is 1.93. The summed E-state index contributed by atoms with van der Waals surface area (Å²) in [7, 11) is 2.97. The lowest BCUT2D eigenvalue weighted by molar-refractivity contribution is 0.602. The number of aromatic nitrogens is 6. The molecule has 32 heavy (non-hydrogen) atoms. The lowest BCUT2D eigenvalue weighted by Crippen LogP contribution is -2.37. The van der Waals surface area contributed by atoms with Crippen LogP contribution in [0.3, 0.4) is 0 Å². The quantitative estimate of drug-likeness (QED) is 0.421. The van der Waals surface area contributed by atoms with Gasteiger partial charge in [0.2, 0.25) is 5.78 Å². The molecular weight excluding hydrogens is 435 g/mol. The number of aryl methyl sites for hydroxylation is 2. The zero-order chi connectivity index (χ0) is 22.7. The molecule has 8 nitrogen and oxygen atoms in total. The molecule has 0 N–H and O–H groups in total. The van der Waals surface area contributed by atoms with Crippen LogP contribution in [0.4, 0.5) is 4.39 Å². The highest BCUT2D eigenvalue weighted by Gasteiger charge is 2.25. The van der Waals surface area contributed by atoms with Crippen molar-refractivity contribution < 1.29 is 4.39 Å². The van der Waals surface area contributed by atoms with Crippen molar-refractivity contribution in [2.24, 2.45) is 14.1 Å². The van der Waals surface area contributed by atoms with Gasteiger partial charge < -0.3 is 0 Å². The van der Waals surface area contributed by atoms with E-state index in [-0.39, 0.29) is 22.6 Å². The maximum Gasteiger partial charge on any atom is 0.332 e. The highest BCUT2D eigenvalue weighted by Crippen LogP contribution is 2.27. The van der Waals surface area contributed by atoms with Gasteiger partial charge in [0.1, 0.15) is 5.82 Å². The molecule has 0 aliphatic rings. The molecule has 0 radical (unpaired) electrons. The predicted molar refractivity (Wildman–Crippen MR) is 120 cm³/mol. The molecule has 162 valence electrons. The van der Waals surface area contributed by atoms with Gasteiger partial charge in [0, 0.05) is 30.2 Å². The normalized spacial score (nSPS) is 11.7. The second-order valence-electron chi connectivity index (χ2n) is 7.69. The number of nitrogens with zero attached hydrogens (tertiary/aromatic N) is 6. The molecule has 0 saturated carbocycles. The fourth-order valence-electron chi connectivity index (χ4n) is 3.93. The van der Waals surface area contributed by atoms with Crippen LogP contribution in [0.2, 0.25) is 5.02 Å². The summed E-state index contributed by atoms with van der Waals surface area (Å²) < 4.78 is 20.2. The molecule has 3 aromatic heterocycles. The molecule has 0 spiro atoms. The molecule has 0 fully saturated rings. The van der Waals surface area contributed by atoms with Gasteiger partial charge in [0.25, 0.3) is 5.56 Å². The van der Waals surface area contributed by atoms with Gasteiger partial charge in [-0.3, -0.25) is 18.5 Å². The highest BCUT2D eigenvalue weighted by atomic mass is 35.5. The van der Waals surface area contributed by atoms with Crippen LogP contribution in [0.5, 0.6) is 0 Å². The Labute approximate surface area is 185 Å². The van der Waals surface area contributed by atoms with Crippen LogP contribution in [0.1, 0.15) is 11.1 Å². The lowest BCUT2D eigenvalue weighted by atomic mass is 10.1. The maximum atomic E-state index is 14.6. The fraction of sp³-hybridized carbons (Fsp3) is 0.182. The lowest BCUT2D eigenvalue weighted by Gasteiger charge is -2.09. The molecule has 0 amide bonds. The largest absolute Gasteiger partial charge is 0.332 e. The zero-order valence-corrected chi connectivity index (χ0v) is 18.3. The van der Waals surface area contributed by atoms with Crippen molar-refractivity contribution in [3.8, 4) is 11.4 Å².